The van der Waals surface area contributed by atoms with Crippen LogP contribution < -0.4 is 5.73 Å². The van der Waals surface area contributed by atoms with E-state index in [2.05, 4.69) is 0 Å². The first kappa shape index (κ1) is 11.1. The Morgan fingerprint density at radius 3 is 2.50 bits per heavy atom. The quantitative estimate of drug-likeness (QED) is 0.694. The molecule has 0 heterocycles. The third-order valence-electron chi connectivity index (χ3n) is 1.24. The van der Waals surface area contributed by atoms with Gasteiger partial charge in [-0.15, -0.1) is 12.4 Å². The van der Waals surface area contributed by atoms with Crippen LogP contribution in [0.15, 0.2) is 18.2 Å². The Bertz CT molecular complexity index is 301. The number of carboxylic acids is 1. The van der Waals surface area contributed by atoms with Gasteiger partial charge in [0.2, 0.25) is 0 Å². The molecule has 0 fully saturated rings. The highest BCUT2D eigenvalue weighted by atomic mass is 35.5. The number of halogens is 2. The van der Waals surface area contributed by atoms with Crippen LogP contribution in [0.1, 0.15) is 10.4 Å². The Morgan fingerprint density at radius 2 is 2.08 bits per heavy atom. The molecule has 1 rings (SSSR count). The summed E-state index contributed by atoms with van der Waals surface area (Å²) < 4.78 is 0. The van der Waals surface area contributed by atoms with Crippen LogP contribution in [0, 0.1) is 0 Å². The summed E-state index contributed by atoms with van der Waals surface area (Å²) in [7, 11) is 0. The molecule has 0 aliphatic heterocycles. The number of hydrogen-bond acceptors (Lipinski definition) is 2. The molecule has 0 saturated heterocycles. The minimum absolute atomic E-state index is 0. The van der Waals surface area contributed by atoms with Crippen molar-refractivity contribution in [2.24, 2.45) is 0 Å². The van der Waals surface area contributed by atoms with Crippen molar-refractivity contribution in [3.8, 4) is 0 Å². The molecule has 0 bridgehead atoms. The Labute approximate surface area is 80.5 Å². The molecule has 1 aromatic carbocycles. The lowest BCUT2D eigenvalue weighted by Gasteiger charge is -1.97. The minimum Gasteiger partial charge on any atom is -0.478 e. The van der Waals surface area contributed by atoms with Gasteiger partial charge < -0.3 is 10.8 Å². The second-order valence-corrected chi connectivity index (χ2v) is 2.45. The van der Waals surface area contributed by atoms with Crippen LogP contribution in [-0.2, 0) is 0 Å². The van der Waals surface area contributed by atoms with Gasteiger partial charge in [0.15, 0.2) is 0 Å². The molecule has 0 spiro atoms. The molecule has 66 valence electrons. The van der Waals surface area contributed by atoms with Crippen molar-refractivity contribution in [1.29, 1.82) is 0 Å². The van der Waals surface area contributed by atoms with E-state index in [1.807, 2.05) is 0 Å². The molecule has 0 amide bonds. The van der Waals surface area contributed by atoms with Crippen molar-refractivity contribution in [3.05, 3.63) is 28.8 Å². The van der Waals surface area contributed by atoms with Crippen LogP contribution in [0.4, 0.5) is 5.69 Å². The van der Waals surface area contributed by atoms with E-state index in [-0.39, 0.29) is 23.7 Å². The maximum atomic E-state index is 10.4. The summed E-state index contributed by atoms with van der Waals surface area (Å²) in [6.07, 6.45) is 0. The number of rotatable bonds is 1. The maximum Gasteiger partial charge on any atom is 0.335 e. The van der Waals surface area contributed by atoms with Crippen LogP contribution in [0.3, 0.4) is 0 Å². The summed E-state index contributed by atoms with van der Waals surface area (Å²) in [4.78, 5) is 10.4. The monoisotopic (exact) mass is 207 g/mol. The zero-order valence-electron chi connectivity index (χ0n) is 5.95. The molecule has 0 radical (unpaired) electrons. The van der Waals surface area contributed by atoms with Crippen LogP contribution in [0.25, 0.3) is 0 Å². The second kappa shape index (κ2) is 4.18. The number of nitrogens with two attached hydrogens (primary N) is 1. The van der Waals surface area contributed by atoms with E-state index in [1.165, 1.54) is 18.2 Å². The highest BCUT2D eigenvalue weighted by Gasteiger charge is 2.03. The molecule has 1 aromatic rings. The predicted molar refractivity (Wildman–Crippen MR) is 50.1 cm³/mol. The Balaban J connectivity index is 0.00000121. The third kappa shape index (κ3) is 2.29. The first-order valence-corrected chi connectivity index (χ1v) is 3.27. The zero-order chi connectivity index (χ0) is 8.43. The summed E-state index contributed by atoms with van der Waals surface area (Å²) in [5.41, 5.74) is 5.79. The molecule has 0 unspecified atom stereocenters. The van der Waals surface area contributed by atoms with Gasteiger partial charge in [-0.3, -0.25) is 0 Å². The standard InChI is InChI=1S/C7H6ClNO2.ClH/c8-5-2-1-4(7(10)11)3-6(5)9;/h1-3H,9H2,(H,10,11);1H. The van der Waals surface area contributed by atoms with E-state index in [0.717, 1.165) is 0 Å². The molecule has 3 N–H and O–H groups in total. The average molecular weight is 208 g/mol. The fourth-order valence-corrected chi connectivity index (χ4v) is 0.794. The van der Waals surface area contributed by atoms with E-state index in [4.69, 9.17) is 22.4 Å². The van der Waals surface area contributed by atoms with Crippen molar-refractivity contribution in [3.63, 3.8) is 0 Å². The zero-order valence-corrected chi connectivity index (χ0v) is 7.52. The van der Waals surface area contributed by atoms with E-state index in [0.29, 0.717) is 5.02 Å². The Morgan fingerprint density at radius 1 is 1.50 bits per heavy atom. The lowest BCUT2D eigenvalue weighted by Crippen LogP contribution is -1.97. The summed E-state index contributed by atoms with van der Waals surface area (Å²) in [5, 5.41) is 8.87. The van der Waals surface area contributed by atoms with Crippen molar-refractivity contribution in [2.75, 3.05) is 5.73 Å². The van der Waals surface area contributed by atoms with E-state index < -0.39 is 5.97 Å². The van der Waals surface area contributed by atoms with Crippen molar-refractivity contribution < 1.29 is 9.90 Å². The van der Waals surface area contributed by atoms with Crippen LogP contribution in [0.2, 0.25) is 5.02 Å². The summed E-state index contributed by atoms with van der Waals surface area (Å²) >= 11 is 5.57. The average Bonchev–Trinajstić information content (AvgIpc) is 1.94. The fourth-order valence-electron chi connectivity index (χ4n) is 0.677. The van der Waals surface area contributed by atoms with Crippen molar-refractivity contribution in [2.45, 2.75) is 0 Å². The van der Waals surface area contributed by atoms with Gasteiger partial charge >= 0.3 is 5.97 Å². The maximum absolute atomic E-state index is 10.4. The van der Waals surface area contributed by atoms with Crippen LogP contribution in [-0.4, -0.2) is 11.1 Å². The fraction of sp³-hybridized carbons (Fsp3) is 0. The third-order valence-corrected chi connectivity index (χ3v) is 1.59. The number of carboxylic acid groups (broad SMARTS) is 1. The van der Waals surface area contributed by atoms with Crippen molar-refractivity contribution >= 4 is 35.7 Å². The second-order valence-electron chi connectivity index (χ2n) is 2.04. The Kier molecular flexibility index (Phi) is 3.86. The molecule has 0 atom stereocenters. The van der Waals surface area contributed by atoms with E-state index in [9.17, 15) is 4.79 Å². The first-order valence-electron chi connectivity index (χ1n) is 2.89. The van der Waals surface area contributed by atoms with Gasteiger partial charge in [-0.05, 0) is 18.2 Å². The SMILES string of the molecule is Cl.Nc1cc(C(=O)O)ccc1Cl. The number of nitrogen functional groups attached to an aromatic ring is 1. The van der Waals surface area contributed by atoms with Gasteiger partial charge in [0, 0.05) is 0 Å². The van der Waals surface area contributed by atoms with Crippen molar-refractivity contribution in [1.82, 2.24) is 0 Å². The number of aromatic carboxylic acids is 1. The lowest BCUT2D eigenvalue weighted by molar-refractivity contribution is 0.0697. The number of carbonyl (C=O) groups is 1. The largest absolute Gasteiger partial charge is 0.478 e. The van der Waals surface area contributed by atoms with Crippen LogP contribution >= 0.6 is 24.0 Å². The molecule has 5 heteroatoms. The van der Waals surface area contributed by atoms with Crippen LogP contribution in [0.5, 0.6) is 0 Å². The highest BCUT2D eigenvalue weighted by molar-refractivity contribution is 6.33. The molecule has 12 heavy (non-hydrogen) atoms. The minimum atomic E-state index is -1.01. The molecular formula is C7H7Cl2NO2. The normalized spacial score (nSPS) is 8.75. The lowest BCUT2D eigenvalue weighted by atomic mass is 10.2. The molecule has 0 aromatic heterocycles. The van der Waals surface area contributed by atoms with Gasteiger partial charge in [-0.25, -0.2) is 4.79 Å². The molecule has 0 saturated carbocycles. The topological polar surface area (TPSA) is 63.3 Å². The molecule has 0 aliphatic carbocycles. The molecule has 0 aliphatic rings. The number of hydrogen-bond donors (Lipinski definition) is 2. The van der Waals surface area contributed by atoms with E-state index in [1.54, 1.807) is 0 Å². The van der Waals surface area contributed by atoms with Gasteiger partial charge in [0.1, 0.15) is 0 Å². The predicted octanol–water partition coefficient (Wildman–Crippen LogP) is 2.04. The summed E-state index contributed by atoms with van der Waals surface area (Å²) in [6.45, 7) is 0. The molecule has 3 nitrogen and oxygen atoms in total. The van der Waals surface area contributed by atoms with Gasteiger partial charge in [0.05, 0.1) is 16.3 Å². The number of benzene rings is 1. The summed E-state index contributed by atoms with van der Waals surface area (Å²) in [6, 6.07) is 4.19. The first-order chi connectivity index (χ1) is 5.11. The van der Waals surface area contributed by atoms with Gasteiger partial charge in [-0.1, -0.05) is 11.6 Å². The molecular weight excluding hydrogens is 201 g/mol. The van der Waals surface area contributed by atoms with Gasteiger partial charge in [-0.2, -0.15) is 0 Å². The van der Waals surface area contributed by atoms with E-state index >= 15 is 0 Å². The highest BCUT2D eigenvalue weighted by Crippen LogP contribution is 2.19. The van der Waals surface area contributed by atoms with Gasteiger partial charge in [0.25, 0.3) is 0 Å². The smallest absolute Gasteiger partial charge is 0.335 e. The Hall–Kier alpha value is -0.930. The summed E-state index contributed by atoms with van der Waals surface area (Å²) in [5.74, 6) is -1.01. The number of anilines is 1.